The zero-order valence-electron chi connectivity index (χ0n) is 14.6. The first-order chi connectivity index (χ1) is 12.8. The Balaban J connectivity index is 2.25. The monoisotopic (exact) mass is 393 g/mol. The molecule has 0 N–H and O–H groups in total. The summed E-state index contributed by atoms with van der Waals surface area (Å²) in [6.45, 7) is 1.64. The molecule has 8 nitrogen and oxygen atoms in total. The van der Waals surface area contributed by atoms with Gasteiger partial charge in [-0.2, -0.15) is 8.42 Å². The van der Waals surface area contributed by atoms with Crippen molar-refractivity contribution in [2.75, 3.05) is 6.61 Å². The van der Waals surface area contributed by atoms with E-state index in [-0.39, 0.29) is 13.0 Å². The summed E-state index contributed by atoms with van der Waals surface area (Å²) in [7, 11) is -4.55. The maximum Gasteiger partial charge on any atom is 0.336 e. The number of carbonyl (C=O) groups excluding carboxylic acids is 1. The minimum Gasteiger partial charge on any atom is -0.464 e. The number of esters is 1. The molecule has 0 unspecified atom stereocenters. The van der Waals surface area contributed by atoms with E-state index < -0.39 is 37.7 Å². The van der Waals surface area contributed by atoms with E-state index >= 15 is 0 Å². The highest BCUT2D eigenvalue weighted by Crippen LogP contribution is 2.26. The second kappa shape index (κ2) is 9.24. The average molecular weight is 393 g/mol. The Morgan fingerprint density at radius 2 is 1.74 bits per heavy atom. The van der Waals surface area contributed by atoms with Crippen molar-refractivity contribution in [1.82, 2.24) is 0 Å². The third kappa shape index (κ3) is 5.60. The van der Waals surface area contributed by atoms with Gasteiger partial charge in [0.1, 0.15) is 0 Å². The standard InChI is InChI=1S/C18H19NO7S/c1-2-25-18(20)16(13-12-14-8-4-3-5-9-14)26-27(23,24)17-11-7-6-10-15(17)19(21)22/h3-11,16H,2,12-13H2,1H3/t16-/m1/s1. The minimum atomic E-state index is -4.55. The molecular formula is C18H19NO7S. The largest absolute Gasteiger partial charge is 0.464 e. The van der Waals surface area contributed by atoms with Gasteiger partial charge in [-0.15, -0.1) is 0 Å². The molecule has 27 heavy (non-hydrogen) atoms. The zero-order chi connectivity index (χ0) is 19.9. The molecule has 2 rings (SSSR count). The molecule has 0 heterocycles. The number of carbonyl (C=O) groups is 1. The molecule has 9 heteroatoms. The van der Waals surface area contributed by atoms with Crippen LogP contribution in [0.4, 0.5) is 5.69 Å². The lowest BCUT2D eigenvalue weighted by molar-refractivity contribution is -0.387. The number of hydrogen-bond donors (Lipinski definition) is 0. The van der Waals surface area contributed by atoms with E-state index in [1.165, 1.54) is 12.1 Å². The number of hydrogen-bond acceptors (Lipinski definition) is 7. The van der Waals surface area contributed by atoms with Crippen molar-refractivity contribution in [3.63, 3.8) is 0 Å². The molecule has 0 saturated carbocycles. The Bertz CT molecular complexity index is 897. The molecule has 0 bridgehead atoms. The molecule has 0 aliphatic rings. The van der Waals surface area contributed by atoms with Gasteiger partial charge in [0.05, 0.1) is 11.5 Å². The molecule has 144 valence electrons. The molecule has 0 radical (unpaired) electrons. The molecule has 2 aromatic carbocycles. The molecule has 0 amide bonds. The van der Waals surface area contributed by atoms with Crippen LogP contribution in [-0.4, -0.2) is 32.0 Å². The minimum absolute atomic E-state index is 0.0444. The van der Waals surface area contributed by atoms with Crippen LogP contribution in [0.1, 0.15) is 18.9 Å². The number of nitro benzene ring substituents is 1. The summed E-state index contributed by atoms with van der Waals surface area (Å²) < 4.78 is 35.0. The van der Waals surface area contributed by atoms with Gasteiger partial charge in [0.15, 0.2) is 11.0 Å². The molecular weight excluding hydrogens is 374 g/mol. The van der Waals surface area contributed by atoms with Gasteiger partial charge in [-0.1, -0.05) is 42.5 Å². The molecule has 0 fully saturated rings. The number of nitrogens with zero attached hydrogens (tertiary/aromatic N) is 1. The van der Waals surface area contributed by atoms with Crippen molar-refractivity contribution in [3.05, 3.63) is 70.3 Å². The maximum atomic E-state index is 12.6. The maximum absolute atomic E-state index is 12.6. The van der Waals surface area contributed by atoms with Crippen LogP contribution in [-0.2, 0) is 30.3 Å². The molecule has 0 saturated heterocycles. The van der Waals surface area contributed by atoms with Crippen LogP contribution in [0.5, 0.6) is 0 Å². The van der Waals surface area contributed by atoms with Crippen molar-refractivity contribution in [1.29, 1.82) is 0 Å². The zero-order valence-corrected chi connectivity index (χ0v) is 15.4. The van der Waals surface area contributed by atoms with Crippen molar-refractivity contribution in [2.45, 2.75) is 30.8 Å². The summed E-state index contributed by atoms with van der Waals surface area (Å²) in [6, 6.07) is 13.9. The summed E-state index contributed by atoms with van der Waals surface area (Å²) in [6.07, 6.45) is -0.991. The van der Waals surface area contributed by atoms with E-state index in [2.05, 4.69) is 0 Å². The third-order valence-corrected chi connectivity index (χ3v) is 5.03. The van der Waals surface area contributed by atoms with Gasteiger partial charge in [-0.25, -0.2) is 4.79 Å². The SMILES string of the molecule is CCOC(=O)[C@@H](CCc1ccccc1)OS(=O)(=O)c1ccccc1[N+](=O)[O-]. The predicted octanol–water partition coefficient (Wildman–Crippen LogP) is 2.86. The van der Waals surface area contributed by atoms with Crippen LogP contribution in [0, 0.1) is 10.1 Å². The lowest BCUT2D eigenvalue weighted by Gasteiger charge is -2.16. The van der Waals surface area contributed by atoms with Crippen molar-refractivity contribution in [3.8, 4) is 0 Å². The highest BCUT2D eigenvalue weighted by Gasteiger charge is 2.32. The lowest BCUT2D eigenvalue weighted by Crippen LogP contribution is -2.30. The quantitative estimate of drug-likeness (QED) is 0.279. The molecule has 2 aromatic rings. The van der Waals surface area contributed by atoms with E-state index in [1.807, 2.05) is 30.3 Å². The normalized spacial score (nSPS) is 12.3. The topological polar surface area (TPSA) is 113 Å². The van der Waals surface area contributed by atoms with Crippen LogP contribution in [0.25, 0.3) is 0 Å². The van der Waals surface area contributed by atoms with Gasteiger partial charge in [-0.05, 0) is 31.4 Å². The highest BCUT2D eigenvalue weighted by molar-refractivity contribution is 7.87. The molecule has 0 aliphatic carbocycles. The first kappa shape index (κ1) is 20.5. The number of benzene rings is 2. The third-order valence-electron chi connectivity index (χ3n) is 3.66. The second-order valence-electron chi connectivity index (χ2n) is 5.54. The van der Waals surface area contributed by atoms with E-state index in [9.17, 15) is 23.3 Å². The number of aryl methyl sites for hydroxylation is 1. The van der Waals surface area contributed by atoms with E-state index in [0.29, 0.717) is 6.42 Å². The van der Waals surface area contributed by atoms with E-state index in [1.54, 1.807) is 6.92 Å². The highest BCUT2D eigenvalue weighted by atomic mass is 32.2. The molecule has 0 aromatic heterocycles. The first-order valence-electron chi connectivity index (χ1n) is 8.22. The Morgan fingerprint density at radius 3 is 2.37 bits per heavy atom. The number of ether oxygens (including phenoxy) is 1. The lowest BCUT2D eigenvalue weighted by atomic mass is 10.1. The number of nitro groups is 1. The Hall–Kier alpha value is -2.78. The van der Waals surface area contributed by atoms with Crippen molar-refractivity contribution in [2.24, 2.45) is 0 Å². The summed E-state index contributed by atoms with van der Waals surface area (Å²) in [5.74, 6) is -0.837. The molecule has 0 spiro atoms. The first-order valence-corrected chi connectivity index (χ1v) is 9.63. The van der Waals surface area contributed by atoms with Gasteiger partial charge in [-0.3, -0.25) is 14.3 Å². The summed E-state index contributed by atoms with van der Waals surface area (Å²) >= 11 is 0. The smallest absolute Gasteiger partial charge is 0.336 e. The Labute approximate surface area is 157 Å². The second-order valence-corrected chi connectivity index (χ2v) is 7.08. The Kier molecular flexibility index (Phi) is 7.03. The van der Waals surface area contributed by atoms with E-state index in [0.717, 1.165) is 17.7 Å². The Morgan fingerprint density at radius 1 is 1.11 bits per heavy atom. The summed E-state index contributed by atoms with van der Waals surface area (Å²) in [5, 5.41) is 11.1. The fourth-order valence-electron chi connectivity index (χ4n) is 2.41. The van der Waals surface area contributed by atoms with Gasteiger partial charge in [0.2, 0.25) is 0 Å². The van der Waals surface area contributed by atoms with Crippen LogP contribution >= 0.6 is 0 Å². The van der Waals surface area contributed by atoms with Gasteiger partial charge < -0.3 is 4.74 Å². The van der Waals surface area contributed by atoms with Gasteiger partial charge in [0.25, 0.3) is 5.69 Å². The van der Waals surface area contributed by atoms with Crippen molar-refractivity contribution < 1.29 is 27.1 Å². The van der Waals surface area contributed by atoms with Gasteiger partial charge >= 0.3 is 16.1 Å². The van der Waals surface area contributed by atoms with Crippen LogP contribution in [0.15, 0.2) is 59.5 Å². The van der Waals surface area contributed by atoms with Crippen LogP contribution in [0.2, 0.25) is 0 Å². The summed E-state index contributed by atoms with van der Waals surface area (Å²) in [5.41, 5.74) is 0.265. The molecule has 0 aliphatic heterocycles. The fraction of sp³-hybridized carbons (Fsp3) is 0.278. The number of rotatable bonds is 9. The van der Waals surface area contributed by atoms with Crippen molar-refractivity contribution >= 4 is 21.8 Å². The molecule has 1 atom stereocenters. The average Bonchev–Trinajstić information content (AvgIpc) is 2.66. The predicted molar refractivity (Wildman–Crippen MR) is 96.6 cm³/mol. The van der Waals surface area contributed by atoms with E-state index in [4.69, 9.17) is 8.92 Å². The number of para-hydroxylation sites is 1. The fourth-order valence-corrected chi connectivity index (χ4v) is 3.64. The van der Waals surface area contributed by atoms with Crippen LogP contribution < -0.4 is 0 Å². The van der Waals surface area contributed by atoms with Gasteiger partial charge in [0, 0.05) is 6.07 Å². The van der Waals surface area contributed by atoms with Crippen LogP contribution in [0.3, 0.4) is 0 Å². The summed E-state index contributed by atoms with van der Waals surface area (Å²) in [4.78, 5) is 21.8.